The molecule has 0 saturated heterocycles. The second-order valence-corrected chi connectivity index (χ2v) is 6.50. The second kappa shape index (κ2) is 7.58. The maximum absolute atomic E-state index is 12.3. The zero-order valence-corrected chi connectivity index (χ0v) is 13.7. The SMILES string of the molecule is Cc1cccnc1C(NC(=O)NC1CCCCC1O)C(C)C. The van der Waals surface area contributed by atoms with E-state index in [0.717, 1.165) is 36.9 Å². The summed E-state index contributed by atoms with van der Waals surface area (Å²) in [4.78, 5) is 16.7. The smallest absolute Gasteiger partial charge is 0.315 e. The molecule has 0 bridgehead atoms. The van der Waals surface area contributed by atoms with Gasteiger partial charge in [0.15, 0.2) is 0 Å². The Morgan fingerprint density at radius 3 is 2.73 bits per heavy atom. The normalized spacial score (nSPS) is 23.1. The van der Waals surface area contributed by atoms with Crippen LogP contribution in [0.5, 0.6) is 0 Å². The Bertz CT molecular complexity index is 504. The van der Waals surface area contributed by atoms with E-state index in [1.807, 2.05) is 19.1 Å². The van der Waals surface area contributed by atoms with Crippen LogP contribution < -0.4 is 10.6 Å². The molecular formula is C17H27N3O2. The summed E-state index contributed by atoms with van der Waals surface area (Å²) in [6.45, 7) is 6.13. The largest absolute Gasteiger partial charge is 0.391 e. The molecule has 1 heterocycles. The Kier molecular flexibility index (Phi) is 5.77. The molecule has 3 unspecified atom stereocenters. The number of aromatic nitrogens is 1. The van der Waals surface area contributed by atoms with E-state index in [2.05, 4.69) is 29.5 Å². The zero-order valence-electron chi connectivity index (χ0n) is 13.7. The Morgan fingerprint density at radius 1 is 1.36 bits per heavy atom. The van der Waals surface area contributed by atoms with Crippen LogP contribution in [-0.4, -0.2) is 28.3 Å². The molecule has 0 radical (unpaired) electrons. The second-order valence-electron chi connectivity index (χ2n) is 6.50. The molecule has 1 aromatic rings. The van der Waals surface area contributed by atoms with Crippen LogP contribution in [-0.2, 0) is 0 Å². The van der Waals surface area contributed by atoms with Gasteiger partial charge < -0.3 is 15.7 Å². The zero-order chi connectivity index (χ0) is 16.1. The van der Waals surface area contributed by atoms with Crippen LogP contribution >= 0.6 is 0 Å². The van der Waals surface area contributed by atoms with E-state index in [1.54, 1.807) is 6.20 Å². The van der Waals surface area contributed by atoms with Gasteiger partial charge in [0.1, 0.15) is 0 Å². The predicted molar refractivity (Wildman–Crippen MR) is 86.5 cm³/mol. The fourth-order valence-electron chi connectivity index (χ4n) is 3.01. The molecule has 5 heteroatoms. The van der Waals surface area contributed by atoms with E-state index in [9.17, 15) is 9.90 Å². The lowest BCUT2D eigenvalue weighted by Crippen LogP contribution is -2.50. The number of pyridine rings is 1. The summed E-state index contributed by atoms with van der Waals surface area (Å²) in [5.41, 5.74) is 1.97. The average molecular weight is 305 g/mol. The number of nitrogens with one attached hydrogen (secondary N) is 2. The van der Waals surface area contributed by atoms with Crippen molar-refractivity contribution in [2.45, 2.75) is 64.6 Å². The number of carbonyl (C=O) groups excluding carboxylic acids is 1. The molecule has 0 aliphatic heterocycles. The first kappa shape index (κ1) is 16.7. The molecule has 1 aliphatic carbocycles. The van der Waals surface area contributed by atoms with Crippen molar-refractivity contribution in [1.82, 2.24) is 15.6 Å². The summed E-state index contributed by atoms with van der Waals surface area (Å²) < 4.78 is 0. The minimum atomic E-state index is -0.436. The topological polar surface area (TPSA) is 74.2 Å². The molecule has 2 rings (SSSR count). The highest BCUT2D eigenvalue weighted by Gasteiger charge is 2.26. The Hall–Kier alpha value is -1.62. The highest BCUT2D eigenvalue weighted by atomic mass is 16.3. The van der Waals surface area contributed by atoms with Crippen molar-refractivity contribution in [2.24, 2.45) is 5.92 Å². The third-order valence-electron chi connectivity index (χ3n) is 4.34. The molecule has 0 spiro atoms. The summed E-state index contributed by atoms with van der Waals surface area (Å²) in [6.07, 6.45) is 5.00. The first-order chi connectivity index (χ1) is 10.5. The molecule has 3 atom stereocenters. The van der Waals surface area contributed by atoms with Gasteiger partial charge in [-0.15, -0.1) is 0 Å². The minimum Gasteiger partial charge on any atom is -0.391 e. The lowest BCUT2D eigenvalue weighted by Gasteiger charge is -2.30. The highest BCUT2D eigenvalue weighted by Crippen LogP contribution is 2.23. The van der Waals surface area contributed by atoms with Gasteiger partial charge in [0, 0.05) is 6.20 Å². The van der Waals surface area contributed by atoms with Gasteiger partial charge in [0.05, 0.1) is 23.9 Å². The number of urea groups is 1. The summed E-state index contributed by atoms with van der Waals surface area (Å²) in [5.74, 6) is 0.232. The van der Waals surface area contributed by atoms with Gasteiger partial charge in [-0.05, 0) is 37.3 Å². The number of hydrogen-bond donors (Lipinski definition) is 3. The van der Waals surface area contributed by atoms with Gasteiger partial charge in [-0.3, -0.25) is 4.98 Å². The molecule has 1 aliphatic rings. The van der Waals surface area contributed by atoms with Crippen molar-refractivity contribution in [2.75, 3.05) is 0 Å². The van der Waals surface area contributed by atoms with Crippen LogP contribution in [0.1, 0.15) is 56.8 Å². The number of aliphatic hydroxyl groups is 1. The molecule has 122 valence electrons. The third kappa shape index (κ3) is 4.19. The third-order valence-corrected chi connectivity index (χ3v) is 4.34. The molecule has 2 amide bonds. The van der Waals surface area contributed by atoms with Crippen molar-refractivity contribution in [1.29, 1.82) is 0 Å². The standard InChI is InChI=1S/C17H27N3O2/c1-11(2)15(16-12(3)7-6-10-18-16)20-17(22)19-13-8-4-5-9-14(13)21/h6-7,10-11,13-15,21H,4-5,8-9H2,1-3H3,(H2,19,20,22). The monoisotopic (exact) mass is 305 g/mol. The van der Waals surface area contributed by atoms with E-state index < -0.39 is 6.10 Å². The first-order valence-corrected chi connectivity index (χ1v) is 8.15. The first-order valence-electron chi connectivity index (χ1n) is 8.15. The molecule has 1 saturated carbocycles. The molecule has 3 N–H and O–H groups in total. The maximum atomic E-state index is 12.3. The quantitative estimate of drug-likeness (QED) is 0.800. The van der Waals surface area contributed by atoms with Gasteiger partial charge in [0.25, 0.3) is 0 Å². The van der Waals surface area contributed by atoms with Crippen LogP contribution in [0.15, 0.2) is 18.3 Å². The van der Waals surface area contributed by atoms with E-state index in [-0.39, 0.29) is 24.0 Å². The van der Waals surface area contributed by atoms with Gasteiger partial charge >= 0.3 is 6.03 Å². The number of aliphatic hydroxyl groups excluding tert-OH is 1. The Morgan fingerprint density at radius 2 is 2.09 bits per heavy atom. The van der Waals surface area contributed by atoms with Crippen molar-refractivity contribution in [3.05, 3.63) is 29.6 Å². The number of aryl methyl sites for hydroxylation is 1. The van der Waals surface area contributed by atoms with Crippen LogP contribution in [0.25, 0.3) is 0 Å². The van der Waals surface area contributed by atoms with Crippen molar-refractivity contribution in [3.63, 3.8) is 0 Å². The average Bonchev–Trinajstić information content (AvgIpc) is 2.48. The molecule has 1 aromatic heterocycles. The highest BCUT2D eigenvalue weighted by molar-refractivity contribution is 5.74. The molecule has 0 aromatic carbocycles. The Balaban J connectivity index is 2.02. The van der Waals surface area contributed by atoms with E-state index in [1.165, 1.54) is 0 Å². The number of nitrogens with zero attached hydrogens (tertiary/aromatic N) is 1. The van der Waals surface area contributed by atoms with Crippen molar-refractivity contribution in [3.8, 4) is 0 Å². The fraction of sp³-hybridized carbons (Fsp3) is 0.647. The fourth-order valence-corrected chi connectivity index (χ4v) is 3.01. The van der Waals surface area contributed by atoms with Crippen LogP contribution in [0, 0.1) is 12.8 Å². The Labute approximate surface area is 132 Å². The van der Waals surface area contributed by atoms with E-state index in [0.29, 0.717) is 0 Å². The van der Waals surface area contributed by atoms with E-state index >= 15 is 0 Å². The van der Waals surface area contributed by atoms with Gasteiger partial charge in [-0.1, -0.05) is 32.8 Å². The number of amides is 2. The minimum absolute atomic E-state index is 0.137. The van der Waals surface area contributed by atoms with Gasteiger partial charge in [0.2, 0.25) is 0 Å². The van der Waals surface area contributed by atoms with Crippen molar-refractivity contribution >= 4 is 6.03 Å². The molecule has 22 heavy (non-hydrogen) atoms. The summed E-state index contributed by atoms with van der Waals surface area (Å²) >= 11 is 0. The molecule has 5 nitrogen and oxygen atoms in total. The van der Waals surface area contributed by atoms with Crippen LogP contribution in [0.3, 0.4) is 0 Å². The lowest BCUT2D eigenvalue weighted by atomic mass is 9.92. The van der Waals surface area contributed by atoms with Crippen LogP contribution in [0.4, 0.5) is 4.79 Å². The van der Waals surface area contributed by atoms with Gasteiger partial charge in [-0.2, -0.15) is 0 Å². The number of rotatable bonds is 4. The van der Waals surface area contributed by atoms with Crippen molar-refractivity contribution < 1.29 is 9.90 Å². The summed E-state index contributed by atoms with van der Waals surface area (Å²) in [7, 11) is 0. The summed E-state index contributed by atoms with van der Waals surface area (Å²) in [6, 6.07) is 3.39. The summed E-state index contributed by atoms with van der Waals surface area (Å²) in [5, 5.41) is 15.9. The maximum Gasteiger partial charge on any atom is 0.315 e. The lowest BCUT2D eigenvalue weighted by molar-refractivity contribution is 0.0938. The molecule has 1 fully saturated rings. The molecular weight excluding hydrogens is 278 g/mol. The predicted octanol–water partition coefficient (Wildman–Crippen LogP) is 2.69. The number of hydrogen-bond acceptors (Lipinski definition) is 3. The van der Waals surface area contributed by atoms with E-state index in [4.69, 9.17) is 0 Å². The number of carbonyl (C=O) groups is 1. The van der Waals surface area contributed by atoms with Crippen LogP contribution in [0.2, 0.25) is 0 Å². The van der Waals surface area contributed by atoms with Gasteiger partial charge in [-0.25, -0.2) is 4.79 Å².